The van der Waals surface area contributed by atoms with Crippen LogP contribution in [-0.4, -0.2) is 26.3 Å². The lowest BCUT2D eigenvalue weighted by Gasteiger charge is -2.21. The molecular weight excluding hydrogens is 488 g/mol. The summed E-state index contributed by atoms with van der Waals surface area (Å²) in [7, 11) is 1.94. The van der Waals surface area contributed by atoms with Crippen molar-refractivity contribution in [2.45, 2.75) is 46.2 Å². The number of hydrogen-bond donors (Lipinski definition) is 3. The molecule has 3 N–H and O–H groups in total. The molecule has 7 rings (SSSR count). The van der Waals surface area contributed by atoms with E-state index in [4.69, 9.17) is 0 Å². The fourth-order valence-electron chi connectivity index (χ4n) is 6.45. The largest absolute Gasteiger partial charge is 0.348 e. The van der Waals surface area contributed by atoms with E-state index < -0.39 is 0 Å². The minimum Gasteiger partial charge on any atom is -0.348 e. The Morgan fingerprint density at radius 1 is 1.08 bits per heavy atom. The zero-order valence-electron chi connectivity index (χ0n) is 22.3. The fourth-order valence-corrected chi connectivity index (χ4v) is 6.45. The highest BCUT2D eigenvalue weighted by Gasteiger charge is 2.35. The average Bonchev–Trinajstić information content (AvgIpc) is 3.58. The topological polar surface area (TPSA) is 93.0 Å². The van der Waals surface area contributed by atoms with Crippen LogP contribution in [0.3, 0.4) is 0 Å². The quantitative estimate of drug-likeness (QED) is 0.277. The summed E-state index contributed by atoms with van der Waals surface area (Å²) in [5.74, 6) is -0.0249. The zero-order valence-corrected chi connectivity index (χ0v) is 22.3. The van der Waals surface area contributed by atoms with Crippen molar-refractivity contribution >= 4 is 45.1 Å². The van der Waals surface area contributed by atoms with Crippen LogP contribution in [0.25, 0.3) is 32.9 Å². The molecule has 39 heavy (non-hydrogen) atoms. The summed E-state index contributed by atoms with van der Waals surface area (Å²) < 4.78 is 4.26. The van der Waals surface area contributed by atoms with Crippen LogP contribution in [0.15, 0.2) is 48.7 Å². The van der Waals surface area contributed by atoms with E-state index in [1.54, 1.807) is 0 Å². The Morgan fingerprint density at radius 3 is 2.74 bits per heavy atom. The molecule has 8 heteroatoms. The van der Waals surface area contributed by atoms with E-state index >= 15 is 0 Å². The van der Waals surface area contributed by atoms with Gasteiger partial charge in [-0.15, -0.1) is 0 Å². The van der Waals surface area contributed by atoms with Crippen molar-refractivity contribution < 1.29 is 9.59 Å². The van der Waals surface area contributed by atoms with Crippen LogP contribution in [0.4, 0.5) is 16.2 Å². The molecule has 3 aromatic carbocycles. The van der Waals surface area contributed by atoms with Crippen LogP contribution in [-0.2, 0) is 33.0 Å². The Kier molecular flexibility index (Phi) is 5.26. The molecule has 1 aliphatic carbocycles. The zero-order chi connectivity index (χ0) is 26.8. The van der Waals surface area contributed by atoms with Crippen molar-refractivity contribution in [3.63, 3.8) is 0 Å². The van der Waals surface area contributed by atoms with E-state index in [2.05, 4.69) is 44.7 Å². The number of hydrogen-bond acceptors (Lipinski definition) is 3. The summed E-state index contributed by atoms with van der Waals surface area (Å²) >= 11 is 0. The van der Waals surface area contributed by atoms with Crippen LogP contribution < -0.4 is 16.0 Å². The molecule has 1 aliphatic heterocycles. The summed E-state index contributed by atoms with van der Waals surface area (Å²) in [6.45, 7) is 5.51. The third-order valence-electron chi connectivity index (χ3n) is 8.04. The third kappa shape index (κ3) is 3.55. The van der Waals surface area contributed by atoms with Gasteiger partial charge in [0.25, 0.3) is 5.91 Å². The lowest BCUT2D eigenvalue weighted by molar-refractivity contribution is 0.0966. The Balaban J connectivity index is 1.43. The number of aromatic nitrogens is 3. The standard InChI is InChI=1S/C31H30N6O2/c1-4-13-37-25-12-9-18(33-31(39)34-23-8-6-5-7-17(23)2)14-20(25)27-21-15-32-30(38)28(21)26-19(29(27)37)10-11-24-22(26)16-36(3)35-24/h5-9,12,14,16H,4,10-11,13,15H2,1-3H3,(H,32,38)(H2,33,34,39). The number of urea groups is 1. The Labute approximate surface area is 226 Å². The van der Waals surface area contributed by atoms with Crippen molar-refractivity contribution in [2.75, 3.05) is 10.6 Å². The molecule has 3 heterocycles. The number of carbonyl (C=O) groups is 2. The summed E-state index contributed by atoms with van der Waals surface area (Å²) in [5, 5.41) is 15.9. The van der Waals surface area contributed by atoms with E-state index in [-0.39, 0.29) is 11.9 Å². The second-order valence-electron chi connectivity index (χ2n) is 10.6. The molecule has 5 aromatic rings. The van der Waals surface area contributed by atoms with Gasteiger partial charge >= 0.3 is 6.03 Å². The van der Waals surface area contributed by atoms with E-state index in [0.29, 0.717) is 12.2 Å². The number of anilines is 2. The molecule has 8 nitrogen and oxygen atoms in total. The summed E-state index contributed by atoms with van der Waals surface area (Å²) in [5.41, 5.74) is 11.0. The minimum absolute atomic E-state index is 0.0249. The molecule has 0 spiro atoms. The number of carbonyl (C=O) groups excluding carboxylic acids is 2. The lowest BCUT2D eigenvalue weighted by atomic mass is 9.82. The Bertz CT molecular complexity index is 1840. The molecule has 0 saturated heterocycles. The first kappa shape index (κ1) is 23.5. The number of fused-ring (bicyclic) bond motifs is 10. The SMILES string of the molecule is CCCn1c2ccc(NC(=O)Nc3ccccc3C)cc2c2c3c(c4c(c21)CCc1nn(C)cc1-4)C(=O)NC3. The van der Waals surface area contributed by atoms with Crippen LogP contribution in [0.1, 0.15) is 46.1 Å². The van der Waals surface area contributed by atoms with Gasteiger partial charge in [-0.2, -0.15) is 5.10 Å². The molecule has 196 valence electrons. The molecule has 0 unspecified atom stereocenters. The minimum atomic E-state index is -0.287. The average molecular weight is 519 g/mol. The summed E-state index contributed by atoms with van der Waals surface area (Å²) in [6, 6.07) is 13.5. The fraction of sp³-hybridized carbons (Fsp3) is 0.258. The number of amides is 3. The highest BCUT2D eigenvalue weighted by atomic mass is 16.2. The summed E-state index contributed by atoms with van der Waals surface area (Å²) in [6.07, 6.45) is 4.71. The number of para-hydroxylation sites is 1. The van der Waals surface area contributed by atoms with Crippen LogP contribution in [0.2, 0.25) is 0 Å². The Morgan fingerprint density at radius 2 is 1.92 bits per heavy atom. The van der Waals surface area contributed by atoms with Crippen molar-refractivity contribution in [3.8, 4) is 11.1 Å². The number of aryl methyl sites for hydroxylation is 5. The monoisotopic (exact) mass is 518 g/mol. The first-order chi connectivity index (χ1) is 18.9. The van der Waals surface area contributed by atoms with Crippen LogP contribution in [0.5, 0.6) is 0 Å². The molecule has 2 aliphatic rings. The number of benzene rings is 3. The van der Waals surface area contributed by atoms with Crippen LogP contribution in [0, 0.1) is 6.92 Å². The first-order valence-electron chi connectivity index (χ1n) is 13.5. The smallest absolute Gasteiger partial charge is 0.323 e. The predicted molar refractivity (Wildman–Crippen MR) is 154 cm³/mol. The van der Waals surface area contributed by atoms with Crippen molar-refractivity contribution in [1.29, 1.82) is 0 Å². The van der Waals surface area contributed by atoms with E-state index in [1.807, 2.05) is 55.2 Å². The van der Waals surface area contributed by atoms with Gasteiger partial charge in [0.2, 0.25) is 0 Å². The van der Waals surface area contributed by atoms with Gasteiger partial charge in [-0.1, -0.05) is 25.1 Å². The van der Waals surface area contributed by atoms with Gasteiger partial charge in [0.15, 0.2) is 0 Å². The first-order valence-corrected chi connectivity index (χ1v) is 13.5. The lowest BCUT2D eigenvalue weighted by Crippen LogP contribution is -2.19. The second kappa shape index (κ2) is 8.73. The molecule has 0 bridgehead atoms. The molecule has 0 radical (unpaired) electrons. The number of rotatable bonds is 4. The van der Waals surface area contributed by atoms with E-state index in [0.717, 1.165) is 81.3 Å². The van der Waals surface area contributed by atoms with Gasteiger partial charge in [-0.25, -0.2) is 4.79 Å². The number of nitrogens with zero attached hydrogens (tertiary/aromatic N) is 3. The van der Waals surface area contributed by atoms with Crippen molar-refractivity contribution in [1.82, 2.24) is 19.7 Å². The molecule has 0 atom stereocenters. The molecule has 2 aromatic heterocycles. The maximum absolute atomic E-state index is 13.3. The van der Waals surface area contributed by atoms with Gasteiger partial charge < -0.3 is 20.5 Å². The second-order valence-corrected chi connectivity index (χ2v) is 10.6. The van der Waals surface area contributed by atoms with Crippen LogP contribution >= 0.6 is 0 Å². The molecular formula is C31H30N6O2. The van der Waals surface area contributed by atoms with Gasteiger partial charge in [-0.05, 0) is 67.1 Å². The van der Waals surface area contributed by atoms with E-state index in [1.165, 1.54) is 11.1 Å². The van der Waals surface area contributed by atoms with Crippen molar-refractivity contribution in [2.24, 2.45) is 7.05 Å². The van der Waals surface area contributed by atoms with E-state index in [9.17, 15) is 9.59 Å². The van der Waals surface area contributed by atoms with Gasteiger partial charge in [0.05, 0.1) is 16.8 Å². The Hall–Kier alpha value is -4.59. The highest BCUT2D eigenvalue weighted by Crippen LogP contribution is 2.47. The van der Waals surface area contributed by atoms with Gasteiger partial charge in [-0.3, -0.25) is 9.48 Å². The summed E-state index contributed by atoms with van der Waals surface area (Å²) in [4.78, 5) is 26.2. The normalized spacial score (nSPS) is 13.8. The molecule has 0 fully saturated rings. The third-order valence-corrected chi connectivity index (χ3v) is 8.04. The predicted octanol–water partition coefficient (Wildman–Crippen LogP) is 5.90. The highest BCUT2D eigenvalue weighted by molar-refractivity contribution is 6.20. The van der Waals surface area contributed by atoms with Gasteiger partial charge in [0.1, 0.15) is 0 Å². The maximum Gasteiger partial charge on any atom is 0.323 e. The molecule has 0 saturated carbocycles. The number of nitrogens with one attached hydrogen (secondary N) is 3. The maximum atomic E-state index is 13.3. The van der Waals surface area contributed by atoms with Gasteiger partial charge in [0, 0.05) is 65.1 Å². The molecule has 3 amide bonds. The van der Waals surface area contributed by atoms with Crippen molar-refractivity contribution in [3.05, 3.63) is 76.6 Å².